The zero-order valence-electron chi connectivity index (χ0n) is 19.4. The standard InChI is InChI=1S/C28H31NO4/c1-20-6-3-4-9-26(20)22-15-23-18-29(17-21-7-5-8-24(14-21)30-2)11-13-32-28(23)27(16-22)33-25-10-12-31-19-25/h3-9,14-16,25H,10-13,17-19H2,1-2H3. The van der Waals surface area contributed by atoms with Crippen LogP contribution in [0.3, 0.4) is 0 Å². The third kappa shape index (κ3) is 5.00. The number of benzene rings is 3. The molecule has 0 aromatic heterocycles. The van der Waals surface area contributed by atoms with Gasteiger partial charge in [-0.15, -0.1) is 0 Å². The molecule has 0 saturated carbocycles. The van der Waals surface area contributed by atoms with E-state index in [1.54, 1.807) is 7.11 Å². The van der Waals surface area contributed by atoms with Gasteiger partial charge in [-0.3, -0.25) is 4.90 Å². The van der Waals surface area contributed by atoms with Gasteiger partial charge in [-0.1, -0.05) is 36.4 Å². The van der Waals surface area contributed by atoms with Crippen molar-refractivity contribution < 1.29 is 18.9 Å². The van der Waals surface area contributed by atoms with Gasteiger partial charge in [0.05, 0.1) is 20.3 Å². The Hall–Kier alpha value is -3.02. The lowest BCUT2D eigenvalue weighted by Gasteiger charge is -2.21. The largest absolute Gasteiger partial charge is 0.497 e. The lowest BCUT2D eigenvalue weighted by Crippen LogP contribution is -2.25. The molecule has 0 aliphatic carbocycles. The average molecular weight is 446 g/mol. The van der Waals surface area contributed by atoms with Crippen LogP contribution in [-0.4, -0.2) is 44.5 Å². The molecule has 5 heteroatoms. The molecule has 33 heavy (non-hydrogen) atoms. The molecule has 5 rings (SSSR count). The summed E-state index contributed by atoms with van der Waals surface area (Å²) in [5, 5.41) is 0. The van der Waals surface area contributed by atoms with Crippen LogP contribution in [0.2, 0.25) is 0 Å². The molecular formula is C28H31NO4. The Bertz CT molecular complexity index is 1110. The topological polar surface area (TPSA) is 40.2 Å². The minimum absolute atomic E-state index is 0.0703. The lowest BCUT2D eigenvalue weighted by molar-refractivity contribution is 0.137. The fourth-order valence-corrected chi connectivity index (χ4v) is 4.63. The number of rotatable bonds is 6. The quantitative estimate of drug-likeness (QED) is 0.519. The smallest absolute Gasteiger partial charge is 0.165 e. The summed E-state index contributed by atoms with van der Waals surface area (Å²) in [6.07, 6.45) is 0.978. The van der Waals surface area contributed by atoms with Gasteiger partial charge < -0.3 is 18.9 Å². The molecule has 172 valence electrons. The van der Waals surface area contributed by atoms with Crippen molar-refractivity contribution in [1.29, 1.82) is 0 Å². The fraction of sp³-hybridized carbons (Fsp3) is 0.357. The van der Waals surface area contributed by atoms with Crippen LogP contribution < -0.4 is 14.2 Å². The highest BCUT2D eigenvalue weighted by Gasteiger charge is 2.25. The molecule has 0 bridgehead atoms. The molecule has 1 fully saturated rings. The van der Waals surface area contributed by atoms with Crippen molar-refractivity contribution in [3.63, 3.8) is 0 Å². The van der Waals surface area contributed by atoms with Crippen molar-refractivity contribution >= 4 is 0 Å². The second-order valence-electron chi connectivity index (χ2n) is 8.79. The van der Waals surface area contributed by atoms with E-state index in [1.165, 1.54) is 16.7 Å². The number of hydrogen-bond acceptors (Lipinski definition) is 5. The first kappa shape index (κ1) is 21.8. The monoisotopic (exact) mass is 445 g/mol. The summed E-state index contributed by atoms with van der Waals surface area (Å²) in [6, 6.07) is 21.2. The van der Waals surface area contributed by atoms with Crippen molar-refractivity contribution in [1.82, 2.24) is 4.90 Å². The van der Waals surface area contributed by atoms with Gasteiger partial charge in [0.1, 0.15) is 18.5 Å². The van der Waals surface area contributed by atoms with Crippen molar-refractivity contribution in [3.05, 3.63) is 77.4 Å². The van der Waals surface area contributed by atoms with Crippen molar-refractivity contribution in [3.8, 4) is 28.4 Å². The van der Waals surface area contributed by atoms with Gasteiger partial charge in [0.2, 0.25) is 0 Å². The van der Waals surface area contributed by atoms with Gasteiger partial charge in [0.15, 0.2) is 11.5 Å². The molecular weight excluding hydrogens is 414 g/mol. The third-order valence-corrected chi connectivity index (χ3v) is 6.36. The van der Waals surface area contributed by atoms with E-state index in [1.807, 2.05) is 12.1 Å². The van der Waals surface area contributed by atoms with Gasteiger partial charge >= 0.3 is 0 Å². The van der Waals surface area contributed by atoms with Crippen LogP contribution in [0.4, 0.5) is 0 Å². The van der Waals surface area contributed by atoms with Crippen LogP contribution >= 0.6 is 0 Å². The number of nitrogens with zero attached hydrogens (tertiary/aromatic N) is 1. The molecule has 5 nitrogen and oxygen atoms in total. The molecule has 0 amide bonds. The Morgan fingerprint density at radius 2 is 1.94 bits per heavy atom. The van der Waals surface area contributed by atoms with Crippen LogP contribution in [0.1, 0.15) is 23.1 Å². The Morgan fingerprint density at radius 1 is 1.03 bits per heavy atom. The number of hydrogen-bond donors (Lipinski definition) is 0. The molecule has 2 aliphatic heterocycles. The molecule has 2 heterocycles. The summed E-state index contributed by atoms with van der Waals surface area (Å²) < 4.78 is 23.7. The van der Waals surface area contributed by atoms with Gasteiger partial charge in [-0.2, -0.15) is 0 Å². The first-order valence-electron chi connectivity index (χ1n) is 11.6. The molecule has 1 saturated heterocycles. The highest BCUT2D eigenvalue weighted by atomic mass is 16.6. The summed E-state index contributed by atoms with van der Waals surface area (Å²) in [7, 11) is 1.71. The second-order valence-corrected chi connectivity index (χ2v) is 8.79. The van der Waals surface area contributed by atoms with E-state index in [2.05, 4.69) is 60.4 Å². The van der Waals surface area contributed by atoms with Crippen LogP contribution in [-0.2, 0) is 17.8 Å². The summed E-state index contributed by atoms with van der Waals surface area (Å²) >= 11 is 0. The summed E-state index contributed by atoms with van der Waals surface area (Å²) in [5.41, 5.74) is 6.01. The highest BCUT2D eigenvalue weighted by molar-refractivity contribution is 5.72. The van der Waals surface area contributed by atoms with Crippen molar-refractivity contribution in [2.45, 2.75) is 32.5 Å². The minimum Gasteiger partial charge on any atom is -0.497 e. The highest BCUT2D eigenvalue weighted by Crippen LogP contribution is 2.40. The maximum Gasteiger partial charge on any atom is 0.165 e. The molecule has 0 N–H and O–H groups in total. The fourth-order valence-electron chi connectivity index (χ4n) is 4.63. The number of fused-ring (bicyclic) bond motifs is 1. The molecule has 3 aromatic rings. The number of aryl methyl sites for hydroxylation is 1. The van der Waals surface area contributed by atoms with Crippen LogP contribution in [0.15, 0.2) is 60.7 Å². The van der Waals surface area contributed by atoms with Gasteiger partial charge in [-0.05, 0) is 53.4 Å². The Kier molecular flexibility index (Phi) is 6.51. The Balaban J connectivity index is 1.49. The predicted octanol–water partition coefficient (Wildman–Crippen LogP) is 5.23. The third-order valence-electron chi connectivity index (χ3n) is 6.36. The van der Waals surface area contributed by atoms with E-state index in [0.29, 0.717) is 13.2 Å². The molecule has 1 atom stereocenters. The average Bonchev–Trinajstić information content (AvgIpc) is 3.25. The summed E-state index contributed by atoms with van der Waals surface area (Å²) in [4.78, 5) is 2.42. The first-order valence-corrected chi connectivity index (χ1v) is 11.6. The predicted molar refractivity (Wildman–Crippen MR) is 129 cm³/mol. The molecule has 3 aromatic carbocycles. The zero-order chi connectivity index (χ0) is 22.6. The normalized spacial score (nSPS) is 18.3. The van der Waals surface area contributed by atoms with Gasteiger partial charge in [0, 0.05) is 31.6 Å². The Labute approximate surface area is 195 Å². The Morgan fingerprint density at radius 3 is 2.76 bits per heavy atom. The van der Waals surface area contributed by atoms with E-state index in [9.17, 15) is 0 Å². The molecule has 2 aliphatic rings. The lowest BCUT2D eigenvalue weighted by atomic mass is 9.97. The van der Waals surface area contributed by atoms with E-state index in [-0.39, 0.29) is 6.10 Å². The van der Waals surface area contributed by atoms with Crippen LogP contribution in [0, 0.1) is 6.92 Å². The second kappa shape index (κ2) is 9.86. The van der Waals surface area contributed by atoms with Gasteiger partial charge in [0.25, 0.3) is 0 Å². The first-order chi connectivity index (χ1) is 16.2. The number of ether oxygens (including phenoxy) is 4. The minimum atomic E-state index is 0.0703. The molecule has 0 spiro atoms. The van der Waals surface area contributed by atoms with Crippen LogP contribution in [0.25, 0.3) is 11.1 Å². The molecule has 0 radical (unpaired) electrons. The van der Waals surface area contributed by atoms with Crippen molar-refractivity contribution in [2.75, 3.05) is 33.5 Å². The number of methoxy groups -OCH3 is 1. The van der Waals surface area contributed by atoms with E-state index in [0.717, 1.165) is 61.0 Å². The van der Waals surface area contributed by atoms with E-state index in [4.69, 9.17) is 18.9 Å². The zero-order valence-corrected chi connectivity index (χ0v) is 19.4. The summed E-state index contributed by atoms with van der Waals surface area (Å²) in [5.74, 6) is 2.58. The maximum atomic E-state index is 6.43. The van der Waals surface area contributed by atoms with Crippen LogP contribution in [0.5, 0.6) is 17.2 Å². The van der Waals surface area contributed by atoms with E-state index < -0.39 is 0 Å². The van der Waals surface area contributed by atoms with E-state index >= 15 is 0 Å². The van der Waals surface area contributed by atoms with Gasteiger partial charge in [-0.25, -0.2) is 0 Å². The maximum absolute atomic E-state index is 6.43. The molecule has 1 unspecified atom stereocenters. The summed E-state index contributed by atoms with van der Waals surface area (Å²) in [6.45, 7) is 6.63. The SMILES string of the molecule is COc1cccc(CN2CCOc3c(cc(-c4ccccc4C)cc3OC3CCOC3)C2)c1. The van der Waals surface area contributed by atoms with Crippen molar-refractivity contribution in [2.24, 2.45) is 0 Å².